The molecule has 2 aromatic rings. The first-order valence-electron chi connectivity index (χ1n) is 8.46. The Morgan fingerprint density at radius 3 is 2.83 bits per heavy atom. The highest BCUT2D eigenvalue weighted by molar-refractivity contribution is 5.98. The number of nitrogen functional groups attached to an aromatic ring is 2. The van der Waals surface area contributed by atoms with Crippen LogP contribution in [0.4, 0.5) is 21.7 Å². The summed E-state index contributed by atoms with van der Waals surface area (Å²) in [7, 11) is 0. The molecule has 0 spiro atoms. The van der Waals surface area contributed by atoms with E-state index in [1.165, 1.54) is 6.07 Å². The van der Waals surface area contributed by atoms with Gasteiger partial charge in [0.15, 0.2) is 6.19 Å². The molecule has 0 bridgehead atoms. The average molecular weight is 392 g/mol. The van der Waals surface area contributed by atoms with Gasteiger partial charge in [0, 0.05) is 11.1 Å². The number of nitrogens with zero attached hydrogens (tertiary/aromatic N) is 4. The molecule has 0 radical (unpaired) electrons. The molecular formula is C19H17FN8O. The number of pyridine rings is 1. The first-order chi connectivity index (χ1) is 14.0. The van der Waals surface area contributed by atoms with E-state index in [1.54, 1.807) is 24.4 Å². The molecule has 0 amide bonds. The van der Waals surface area contributed by atoms with E-state index in [4.69, 9.17) is 21.5 Å². The summed E-state index contributed by atoms with van der Waals surface area (Å²) in [5.74, 6) is -0.219. The van der Waals surface area contributed by atoms with Gasteiger partial charge < -0.3 is 21.5 Å². The normalized spacial score (nSPS) is 14.6. The maximum absolute atomic E-state index is 14.6. The van der Waals surface area contributed by atoms with Gasteiger partial charge in [-0.2, -0.15) is 10.5 Å². The molecule has 1 aliphatic rings. The second kappa shape index (κ2) is 8.25. The van der Waals surface area contributed by atoms with E-state index >= 15 is 0 Å². The van der Waals surface area contributed by atoms with Crippen molar-refractivity contribution in [2.75, 3.05) is 23.4 Å². The Kier molecular flexibility index (Phi) is 5.58. The van der Waals surface area contributed by atoms with E-state index in [0.29, 0.717) is 23.3 Å². The second-order valence-electron chi connectivity index (χ2n) is 6.06. The van der Waals surface area contributed by atoms with Crippen molar-refractivity contribution >= 4 is 23.3 Å². The third kappa shape index (κ3) is 3.78. The maximum Gasteiger partial charge on any atom is 0.211 e. The van der Waals surface area contributed by atoms with Gasteiger partial charge >= 0.3 is 0 Å². The number of ether oxygens (including phenoxy) is 1. The standard InChI is InChI=1S/C19H17FN8O/c1-2-5-29-8-11-4-3-10(6-13(11)20)16-14-15(23)12(7-21)17(24)27-18(14)28-19(26-16)25-9-22/h2-4,6,16H,1,5,8H2,(H6,23,24,25,26,27,28). The number of halogens is 1. The number of hydrogen-bond acceptors (Lipinski definition) is 9. The summed E-state index contributed by atoms with van der Waals surface area (Å²) in [5.41, 5.74) is 13.2. The van der Waals surface area contributed by atoms with Crippen molar-refractivity contribution < 1.29 is 9.13 Å². The summed E-state index contributed by atoms with van der Waals surface area (Å²) >= 11 is 0. The predicted molar refractivity (Wildman–Crippen MR) is 106 cm³/mol. The van der Waals surface area contributed by atoms with Crippen LogP contribution in [-0.4, -0.2) is 17.6 Å². The van der Waals surface area contributed by atoms with E-state index in [-0.39, 0.29) is 35.5 Å². The van der Waals surface area contributed by atoms with Gasteiger partial charge in [0.2, 0.25) is 5.96 Å². The molecule has 3 rings (SSSR count). The van der Waals surface area contributed by atoms with Crippen molar-refractivity contribution in [1.82, 2.24) is 10.3 Å². The molecule has 1 atom stereocenters. The number of aliphatic imine (C=N–C) groups is 1. The molecule has 146 valence electrons. The number of aromatic nitrogens is 1. The highest BCUT2D eigenvalue weighted by Gasteiger charge is 2.30. The molecule has 0 saturated heterocycles. The largest absolute Gasteiger partial charge is 0.397 e. The van der Waals surface area contributed by atoms with E-state index < -0.39 is 11.9 Å². The Hall–Kier alpha value is -4.15. The lowest BCUT2D eigenvalue weighted by Gasteiger charge is -2.26. The third-order valence-electron chi connectivity index (χ3n) is 4.24. The van der Waals surface area contributed by atoms with Gasteiger partial charge in [0.05, 0.1) is 18.9 Å². The zero-order chi connectivity index (χ0) is 21.0. The van der Waals surface area contributed by atoms with E-state index in [2.05, 4.69) is 27.2 Å². The number of nitriles is 2. The first kappa shape index (κ1) is 19.6. The molecular weight excluding hydrogens is 375 g/mol. The Morgan fingerprint density at radius 2 is 2.17 bits per heavy atom. The first-order valence-corrected chi connectivity index (χ1v) is 8.46. The molecule has 0 fully saturated rings. The summed E-state index contributed by atoms with van der Waals surface area (Å²) in [5, 5.41) is 23.4. The van der Waals surface area contributed by atoms with E-state index in [0.717, 1.165) is 0 Å². The number of anilines is 3. The summed E-state index contributed by atoms with van der Waals surface area (Å²) in [6.07, 6.45) is 3.33. The zero-order valence-corrected chi connectivity index (χ0v) is 15.2. The van der Waals surface area contributed by atoms with Crippen LogP contribution in [-0.2, 0) is 11.3 Å². The number of nitrogens with two attached hydrogens (primary N) is 2. The zero-order valence-electron chi connectivity index (χ0n) is 15.2. The van der Waals surface area contributed by atoms with Crippen LogP contribution in [0.15, 0.2) is 35.8 Å². The number of rotatable bonds is 5. The molecule has 29 heavy (non-hydrogen) atoms. The molecule has 10 heteroatoms. The SMILES string of the molecule is C=CCOCc1ccc(C2N=C(NC#N)Nc3nc(N)c(C#N)c(N)c32)cc1F. The quantitative estimate of drug-likeness (QED) is 0.260. The fourth-order valence-corrected chi connectivity index (χ4v) is 2.93. The van der Waals surface area contributed by atoms with Crippen LogP contribution in [0.2, 0.25) is 0 Å². The van der Waals surface area contributed by atoms with Crippen LogP contribution >= 0.6 is 0 Å². The van der Waals surface area contributed by atoms with Crippen LogP contribution < -0.4 is 22.1 Å². The van der Waals surface area contributed by atoms with Crippen LogP contribution in [0.1, 0.15) is 28.3 Å². The van der Waals surface area contributed by atoms with Gasteiger partial charge in [0.1, 0.15) is 35.1 Å². The summed E-state index contributed by atoms with van der Waals surface area (Å²) in [6.45, 7) is 3.93. The lowest BCUT2D eigenvalue weighted by atomic mass is 9.94. The fourth-order valence-electron chi connectivity index (χ4n) is 2.93. The summed E-state index contributed by atoms with van der Waals surface area (Å²) < 4.78 is 19.9. The maximum atomic E-state index is 14.6. The Bertz CT molecular complexity index is 1080. The van der Waals surface area contributed by atoms with Crippen molar-refractivity contribution in [2.45, 2.75) is 12.6 Å². The van der Waals surface area contributed by atoms with Gasteiger partial charge in [-0.1, -0.05) is 18.2 Å². The summed E-state index contributed by atoms with van der Waals surface area (Å²) in [6, 6.07) is 5.67. The van der Waals surface area contributed by atoms with Gasteiger partial charge in [-0.3, -0.25) is 5.32 Å². The number of fused-ring (bicyclic) bond motifs is 1. The lowest BCUT2D eigenvalue weighted by molar-refractivity contribution is 0.146. The van der Waals surface area contributed by atoms with Gasteiger partial charge in [-0.25, -0.2) is 14.4 Å². The van der Waals surface area contributed by atoms with E-state index in [1.807, 2.05) is 6.07 Å². The van der Waals surface area contributed by atoms with Crippen LogP contribution in [0, 0.1) is 28.6 Å². The molecule has 0 saturated carbocycles. The van der Waals surface area contributed by atoms with Crippen molar-refractivity contribution in [3.05, 3.63) is 58.9 Å². The minimum Gasteiger partial charge on any atom is -0.397 e. The fraction of sp³-hybridized carbons (Fsp3) is 0.158. The average Bonchev–Trinajstić information content (AvgIpc) is 2.69. The molecule has 0 aliphatic carbocycles. The second-order valence-corrected chi connectivity index (χ2v) is 6.06. The van der Waals surface area contributed by atoms with Gasteiger partial charge in [-0.15, -0.1) is 6.58 Å². The molecule has 1 aromatic carbocycles. The Morgan fingerprint density at radius 1 is 1.38 bits per heavy atom. The molecule has 1 aliphatic heterocycles. The van der Waals surface area contributed by atoms with Gasteiger partial charge in [0.25, 0.3) is 0 Å². The van der Waals surface area contributed by atoms with Crippen molar-refractivity contribution in [1.29, 1.82) is 10.5 Å². The van der Waals surface area contributed by atoms with Crippen LogP contribution in [0.25, 0.3) is 0 Å². The summed E-state index contributed by atoms with van der Waals surface area (Å²) in [4.78, 5) is 8.54. The third-order valence-corrected chi connectivity index (χ3v) is 4.24. The molecule has 6 N–H and O–H groups in total. The van der Waals surface area contributed by atoms with E-state index in [9.17, 15) is 9.65 Å². The highest BCUT2D eigenvalue weighted by Crippen LogP contribution is 2.40. The number of benzene rings is 1. The number of nitrogens with one attached hydrogen (secondary N) is 2. The smallest absolute Gasteiger partial charge is 0.211 e. The minimum atomic E-state index is -0.806. The lowest BCUT2D eigenvalue weighted by Crippen LogP contribution is -2.32. The molecule has 1 aromatic heterocycles. The van der Waals surface area contributed by atoms with Crippen molar-refractivity contribution in [3.63, 3.8) is 0 Å². The molecule has 2 heterocycles. The molecule has 1 unspecified atom stereocenters. The predicted octanol–water partition coefficient (Wildman–Crippen LogP) is 1.90. The number of guanidine groups is 1. The Labute approximate surface area is 166 Å². The Balaban J connectivity index is 2.09. The minimum absolute atomic E-state index is 0.0114. The van der Waals surface area contributed by atoms with Crippen LogP contribution in [0.5, 0.6) is 0 Å². The van der Waals surface area contributed by atoms with Crippen molar-refractivity contribution in [2.24, 2.45) is 4.99 Å². The van der Waals surface area contributed by atoms with Crippen molar-refractivity contribution in [3.8, 4) is 12.3 Å². The molecule has 9 nitrogen and oxygen atoms in total. The van der Waals surface area contributed by atoms with Crippen LogP contribution in [0.3, 0.4) is 0 Å². The topological polar surface area (TPSA) is 158 Å². The number of hydrogen-bond donors (Lipinski definition) is 4. The monoisotopic (exact) mass is 392 g/mol. The van der Waals surface area contributed by atoms with Gasteiger partial charge in [-0.05, 0) is 11.6 Å². The highest BCUT2D eigenvalue weighted by atomic mass is 19.1.